The van der Waals surface area contributed by atoms with Crippen LogP contribution in [0.5, 0.6) is 0 Å². The molecule has 0 unspecified atom stereocenters. The number of carbonyl (C=O) groups is 1. The van der Waals surface area contributed by atoms with Crippen molar-refractivity contribution in [1.82, 2.24) is 20.5 Å². The standard InChI is InChI=1S/C16H13Cl2N5O/c17-10-3-6-12(13(18)7-10)15-21-14(22-23-15)8-20-16(24)9-1-4-11(19)5-2-9/h1-7H,8,19H2,(H,20,24)(H,21,22,23). The lowest BCUT2D eigenvalue weighted by atomic mass is 10.2. The second-order valence-electron chi connectivity index (χ2n) is 5.03. The summed E-state index contributed by atoms with van der Waals surface area (Å²) in [4.78, 5) is 16.4. The first-order valence-electron chi connectivity index (χ1n) is 7.03. The van der Waals surface area contributed by atoms with Crippen molar-refractivity contribution in [2.24, 2.45) is 0 Å². The van der Waals surface area contributed by atoms with E-state index in [0.717, 1.165) is 0 Å². The number of anilines is 1. The Morgan fingerprint density at radius 2 is 1.92 bits per heavy atom. The molecule has 4 N–H and O–H groups in total. The molecule has 1 aromatic heterocycles. The zero-order valence-corrected chi connectivity index (χ0v) is 13.9. The molecule has 0 spiro atoms. The van der Waals surface area contributed by atoms with Crippen LogP contribution in [0, 0.1) is 0 Å². The van der Waals surface area contributed by atoms with Gasteiger partial charge in [0.25, 0.3) is 5.91 Å². The predicted octanol–water partition coefficient (Wildman–Crippen LogP) is 3.29. The number of carbonyl (C=O) groups excluding carboxylic acids is 1. The highest BCUT2D eigenvalue weighted by Gasteiger charge is 2.11. The van der Waals surface area contributed by atoms with Gasteiger partial charge < -0.3 is 11.1 Å². The minimum absolute atomic E-state index is 0.210. The summed E-state index contributed by atoms with van der Waals surface area (Å²) in [7, 11) is 0. The predicted molar refractivity (Wildman–Crippen MR) is 93.9 cm³/mol. The van der Waals surface area contributed by atoms with Gasteiger partial charge in [0.15, 0.2) is 5.82 Å². The summed E-state index contributed by atoms with van der Waals surface area (Å²) in [6.45, 7) is 0.210. The molecule has 1 heterocycles. The molecule has 0 saturated heterocycles. The van der Waals surface area contributed by atoms with Crippen molar-refractivity contribution < 1.29 is 4.79 Å². The fourth-order valence-corrected chi connectivity index (χ4v) is 2.56. The average Bonchev–Trinajstić information content (AvgIpc) is 3.02. The van der Waals surface area contributed by atoms with Gasteiger partial charge in [-0.05, 0) is 42.5 Å². The van der Waals surface area contributed by atoms with Crippen LogP contribution in [0.15, 0.2) is 42.5 Å². The van der Waals surface area contributed by atoms with E-state index in [1.54, 1.807) is 42.5 Å². The second kappa shape index (κ2) is 6.90. The summed E-state index contributed by atoms with van der Waals surface area (Å²) in [5.41, 5.74) is 7.38. The van der Waals surface area contributed by atoms with Crippen molar-refractivity contribution in [2.75, 3.05) is 5.73 Å². The van der Waals surface area contributed by atoms with E-state index in [9.17, 15) is 4.79 Å². The third kappa shape index (κ3) is 3.67. The smallest absolute Gasteiger partial charge is 0.251 e. The maximum absolute atomic E-state index is 12.0. The molecule has 8 heteroatoms. The van der Waals surface area contributed by atoms with Crippen molar-refractivity contribution in [2.45, 2.75) is 6.54 Å². The van der Waals surface area contributed by atoms with Crippen molar-refractivity contribution >= 4 is 34.8 Å². The largest absolute Gasteiger partial charge is 0.399 e. The first kappa shape index (κ1) is 16.3. The Morgan fingerprint density at radius 3 is 2.62 bits per heavy atom. The number of H-pyrrole nitrogens is 1. The van der Waals surface area contributed by atoms with E-state index in [4.69, 9.17) is 28.9 Å². The zero-order valence-electron chi connectivity index (χ0n) is 12.4. The van der Waals surface area contributed by atoms with Crippen molar-refractivity contribution in [3.05, 3.63) is 63.9 Å². The van der Waals surface area contributed by atoms with Gasteiger partial charge in [-0.1, -0.05) is 23.2 Å². The van der Waals surface area contributed by atoms with Gasteiger partial charge in [-0.25, -0.2) is 4.98 Å². The van der Waals surface area contributed by atoms with Gasteiger partial charge >= 0.3 is 0 Å². The maximum Gasteiger partial charge on any atom is 0.251 e. The van der Waals surface area contributed by atoms with Crippen LogP contribution < -0.4 is 11.1 Å². The molecule has 24 heavy (non-hydrogen) atoms. The highest BCUT2D eigenvalue weighted by atomic mass is 35.5. The molecule has 3 rings (SSSR count). The minimum atomic E-state index is -0.225. The number of aromatic nitrogens is 3. The SMILES string of the molecule is Nc1ccc(C(=O)NCc2nc(-c3ccc(Cl)cc3Cl)n[nH]2)cc1. The van der Waals surface area contributed by atoms with Gasteiger partial charge in [0.1, 0.15) is 5.82 Å². The Labute approximate surface area is 148 Å². The number of nitrogens with zero attached hydrogens (tertiary/aromatic N) is 2. The summed E-state index contributed by atoms with van der Waals surface area (Å²) in [5, 5.41) is 10.6. The quantitative estimate of drug-likeness (QED) is 0.621. The number of benzene rings is 2. The topological polar surface area (TPSA) is 96.7 Å². The number of hydrogen-bond donors (Lipinski definition) is 3. The van der Waals surface area contributed by atoms with Gasteiger partial charge in [0, 0.05) is 21.8 Å². The van der Waals surface area contributed by atoms with Crippen molar-refractivity contribution in [1.29, 1.82) is 0 Å². The van der Waals surface area contributed by atoms with Crippen LogP contribution in [0.25, 0.3) is 11.4 Å². The van der Waals surface area contributed by atoms with Crippen LogP contribution >= 0.6 is 23.2 Å². The highest BCUT2D eigenvalue weighted by Crippen LogP contribution is 2.27. The number of nitrogens with one attached hydrogen (secondary N) is 2. The Hall–Kier alpha value is -2.57. The van der Waals surface area contributed by atoms with E-state index in [1.807, 2.05) is 0 Å². The van der Waals surface area contributed by atoms with Crippen molar-refractivity contribution in [3.63, 3.8) is 0 Å². The number of aromatic amines is 1. The molecular formula is C16H13Cl2N5O. The molecule has 0 fully saturated rings. The normalized spacial score (nSPS) is 10.6. The summed E-state index contributed by atoms with van der Waals surface area (Å²) in [6, 6.07) is 11.7. The molecule has 0 radical (unpaired) electrons. The molecule has 0 aliphatic heterocycles. The van der Waals surface area contributed by atoms with Crippen LogP contribution in [0.2, 0.25) is 10.0 Å². The molecule has 0 saturated carbocycles. The fraction of sp³-hybridized carbons (Fsp3) is 0.0625. The molecule has 0 atom stereocenters. The lowest BCUT2D eigenvalue weighted by molar-refractivity contribution is 0.0950. The molecule has 2 aromatic carbocycles. The first-order valence-corrected chi connectivity index (χ1v) is 7.79. The third-order valence-electron chi connectivity index (χ3n) is 3.29. The Morgan fingerprint density at radius 1 is 1.17 bits per heavy atom. The van der Waals surface area contributed by atoms with E-state index in [0.29, 0.717) is 38.5 Å². The van der Waals surface area contributed by atoms with Crippen LogP contribution in [0.1, 0.15) is 16.2 Å². The first-order chi connectivity index (χ1) is 11.5. The summed E-state index contributed by atoms with van der Waals surface area (Å²) in [5.74, 6) is 0.727. The lowest BCUT2D eigenvalue weighted by Gasteiger charge is -2.03. The number of nitrogens with two attached hydrogens (primary N) is 1. The monoisotopic (exact) mass is 361 g/mol. The molecule has 6 nitrogen and oxygen atoms in total. The summed E-state index contributed by atoms with van der Waals surface area (Å²) >= 11 is 12.0. The Balaban J connectivity index is 1.68. The van der Waals surface area contributed by atoms with E-state index >= 15 is 0 Å². The molecule has 122 valence electrons. The van der Waals surface area contributed by atoms with Gasteiger partial charge in [0.2, 0.25) is 0 Å². The number of hydrogen-bond acceptors (Lipinski definition) is 4. The minimum Gasteiger partial charge on any atom is -0.399 e. The van der Waals surface area contributed by atoms with Crippen LogP contribution in [0.4, 0.5) is 5.69 Å². The molecule has 1 amide bonds. The number of amides is 1. The number of rotatable bonds is 4. The summed E-state index contributed by atoms with van der Waals surface area (Å²) in [6.07, 6.45) is 0. The van der Waals surface area contributed by atoms with E-state index in [1.165, 1.54) is 0 Å². The van der Waals surface area contributed by atoms with Gasteiger partial charge in [-0.15, -0.1) is 0 Å². The average molecular weight is 362 g/mol. The highest BCUT2D eigenvalue weighted by molar-refractivity contribution is 6.36. The van der Waals surface area contributed by atoms with Gasteiger partial charge in [-0.2, -0.15) is 5.10 Å². The fourth-order valence-electron chi connectivity index (χ4n) is 2.07. The van der Waals surface area contributed by atoms with Crippen LogP contribution in [-0.4, -0.2) is 21.1 Å². The Kier molecular flexibility index (Phi) is 4.69. The number of halogens is 2. The molecule has 0 aliphatic carbocycles. The van der Waals surface area contributed by atoms with E-state index in [-0.39, 0.29) is 12.5 Å². The molecule has 3 aromatic rings. The molecule has 0 bridgehead atoms. The maximum atomic E-state index is 12.0. The molecule has 0 aliphatic rings. The van der Waals surface area contributed by atoms with Gasteiger partial charge in [0.05, 0.1) is 11.6 Å². The van der Waals surface area contributed by atoms with E-state index in [2.05, 4.69) is 20.5 Å². The number of nitrogen functional groups attached to an aromatic ring is 1. The zero-order chi connectivity index (χ0) is 17.1. The van der Waals surface area contributed by atoms with Crippen LogP contribution in [0.3, 0.4) is 0 Å². The third-order valence-corrected chi connectivity index (χ3v) is 3.84. The van der Waals surface area contributed by atoms with Crippen molar-refractivity contribution in [3.8, 4) is 11.4 Å². The second-order valence-corrected chi connectivity index (χ2v) is 5.88. The van der Waals surface area contributed by atoms with Crippen LogP contribution in [-0.2, 0) is 6.54 Å². The summed E-state index contributed by atoms with van der Waals surface area (Å²) < 4.78 is 0. The van der Waals surface area contributed by atoms with Gasteiger partial charge in [-0.3, -0.25) is 9.89 Å². The lowest BCUT2D eigenvalue weighted by Crippen LogP contribution is -2.23. The van der Waals surface area contributed by atoms with E-state index < -0.39 is 0 Å². The molecular weight excluding hydrogens is 349 g/mol. The Bertz CT molecular complexity index is 876.